The Balaban J connectivity index is 1.13. The van der Waals surface area contributed by atoms with E-state index in [1.807, 2.05) is 0 Å². The first kappa shape index (κ1) is 33.3. The van der Waals surface area contributed by atoms with Gasteiger partial charge in [0.1, 0.15) is 11.7 Å². The molecular weight excluding hydrogens is 737 g/mol. The summed E-state index contributed by atoms with van der Waals surface area (Å²) in [4.78, 5) is 40.0. The third-order valence-electron chi connectivity index (χ3n) is 12.3. The van der Waals surface area contributed by atoms with Crippen molar-refractivity contribution in [3.8, 4) is 0 Å². The summed E-state index contributed by atoms with van der Waals surface area (Å²) in [6.07, 6.45) is 1.36. The summed E-state index contributed by atoms with van der Waals surface area (Å²) in [6.45, 7) is 2.93. The van der Waals surface area contributed by atoms with Gasteiger partial charge in [-0.15, -0.1) is 0 Å². The van der Waals surface area contributed by atoms with Gasteiger partial charge in [-0.25, -0.2) is 34.9 Å². The van der Waals surface area contributed by atoms with Crippen molar-refractivity contribution in [1.82, 2.24) is 4.90 Å². The van der Waals surface area contributed by atoms with Crippen molar-refractivity contribution in [1.29, 1.82) is 0 Å². The number of benzene rings is 8. The highest BCUT2D eigenvalue weighted by Crippen LogP contribution is 2.39. The third-order valence-corrected chi connectivity index (χ3v) is 12.3. The fourth-order valence-corrected chi connectivity index (χ4v) is 9.31. The van der Waals surface area contributed by atoms with Gasteiger partial charge in [0.2, 0.25) is 0 Å². The van der Waals surface area contributed by atoms with Crippen LogP contribution in [-0.4, -0.2) is 52.3 Å². The molecule has 5 aliphatic rings. The minimum atomic E-state index is -0.577. The number of aliphatic imine (C=N–C) groups is 7. The van der Waals surface area contributed by atoms with E-state index >= 15 is 0 Å². The van der Waals surface area contributed by atoms with Gasteiger partial charge >= 0.3 is 0 Å². The van der Waals surface area contributed by atoms with E-state index in [1.54, 1.807) is 0 Å². The van der Waals surface area contributed by atoms with E-state index in [-0.39, 0.29) is 0 Å². The second kappa shape index (κ2) is 12.6. The lowest BCUT2D eigenvalue weighted by molar-refractivity contribution is 0.572. The van der Waals surface area contributed by atoms with E-state index in [4.69, 9.17) is 34.9 Å². The van der Waals surface area contributed by atoms with Crippen LogP contribution in [0.1, 0.15) is 70.4 Å². The minimum absolute atomic E-state index is 0.577. The average molecular weight is 771 g/mol. The molecule has 0 aromatic heterocycles. The third kappa shape index (κ3) is 5.00. The lowest BCUT2D eigenvalue weighted by Gasteiger charge is -2.25. The SMILES string of the molecule is CCCCN1C2=NC(=NC3=NC(=NC4N=C(N=C5N=C1c1cc6ccccc6cc15)c1cc5ccccc5cc14)c1cc4ccccc4cc13)c1cc3ccccc3cc12. The van der Waals surface area contributed by atoms with Crippen LogP contribution in [0.4, 0.5) is 0 Å². The summed E-state index contributed by atoms with van der Waals surface area (Å²) in [7, 11) is 0. The molecular formula is C52H34N8. The average Bonchev–Trinajstić information content (AvgIpc) is 4.01. The number of unbranched alkanes of at least 4 members (excludes halogenated alkanes) is 1. The van der Waals surface area contributed by atoms with Crippen LogP contribution in [-0.2, 0) is 0 Å². The maximum atomic E-state index is 5.48. The molecule has 8 bridgehead atoms. The summed E-state index contributed by atoms with van der Waals surface area (Å²) in [5.74, 6) is 4.64. The molecule has 0 fully saturated rings. The fourth-order valence-electron chi connectivity index (χ4n) is 9.31. The first-order chi connectivity index (χ1) is 29.6. The first-order valence-electron chi connectivity index (χ1n) is 20.6. The van der Waals surface area contributed by atoms with Crippen molar-refractivity contribution in [2.45, 2.75) is 25.9 Å². The Morgan fingerprint density at radius 3 is 1.17 bits per heavy atom. The molecule has 1 unspecified atom stereocenters. The quantitative estimate of drug-likeness (QED) is 0.176. The number of hydrogen-bond acceptors (Lipinski definition) is 8. The lowest BCUT2D eigenvalue weighted by Crippen LogP contribution is -2.37. The zero-order valence-corrected chi connectivity index (χ0v) is 32.6. The highest BCUT2D eigenvalue weighted by atomic mass is 15.3. The molecule has 0 aliphatic carbocycles. The molecule has 5 heterocycles. The summed E-state index contributed by atoms with van der Waals surface area (Å²) < 4.78 is 0. The standard InChI is InChI=1S/C52H34N8/c1-2-3-20-60-51-43-27-35-18-10-8-16-33(35)25-41(43)49(58-51)56-47-39-23-31-14-6-4-12-29(31)21-37(39)45(54-47)53-46-38-22-30-13-5-7-15-32(30)24-40(38)48(55-46)57-50-42-26-34-17-9-11-19-36(34)28-44(42)52(60)59-50/h4-19,21-28,45H,2-3,20H2,1H3. The van der Waals surface area contributed by atoms with Gasteiger partial charge in [-0.1, -0.05) is 110 Å². The molecule has 0 saturated carbocycles. The van der Waals surface area contributed by atoms with Crippen molar-refractivity contribution in [3.05, 3.63) is 190 Å². The van der Waals surface area contributed by atoms with Crippen LogP contribution in [0.3, 0.4) is 0 Å². The van der Waals surface area contributed by atoms with E-state index in [2.05, 4.69) is 157 Å². The molecule has 0 N–H and O–H groups in total. The highest BCUT2D eigenvalue weighted by Gasteiger charge is 2.36. The molecule has 5 aliphatic heterocycles. The summed E-state index contributed by atoms with van der Waals surface area (Å²) in [5.41, 5.74) is 7.72. The van der Waals surface area contributed by atoms with Gasteiger partial charge in [-0.2, -0.15) is 0 Å². The van der Waals surface area contributed by atoms with Crippen LogP contribution in [0.5, 0.6) is 0 Å². The Bertz CT molecular complexity index is 3490. The first-order valence-corrected chi connectivity index (χ1v) is 20.6. The van der Waals surface area contributed by atoms with Gasteiger partial charge in [0.05, 0.1) is 0 Å². The molecule has 60 heavy (non-hydrogen) atoms. The zero-order valence-electron chi connectivity index (χ0n) is 32.6. The second-order valence-electron chi connectivity index (χ2n) is 16.0. The van der Waals surface area contributed by atoms with Crippen LogP contribution in [0.2, 0.25) is 0 Å². The lowest BCUT2D eigenvalue weighted by atomic mass is 9.98. The number of nitrogens with zero attached hydrogens (tertiary/aromatic N) is 8. The minimum Gasteiger partial charge on any atom is -0.310 e. The van der Waals surface area contributed by atoms with Gasteiger partial charge in [0, 0.05) is 51.1 Å². The Morgan fingerprint density at radius 1 is 0.383 bits per heavy atom. The van der Waals surface area contributed by atoms with Gasteiger partial charge in [0.25, 0.3) is 0 Å². The normalized spacial score (nSPS) is 17.1. The van der Waals surface area contributed by atoms with Crippen molar-refractivity contribution >= 4 is 83.9 Å². The molecule has 8 nitrogen and oxygen atoms in total. The number of hydrogen-bond donors (Lipinski definition) is 0. The summed E-state index contributed by atoms with van der Waals surface area (Å²) in [5, 5.41) is 8.98. The maximum Gasteiger partial charge on any atom is 0.170 e. The molecule has 0 spiro atoms. The van der Waals surface area contributed by atoms with E-state index in [1.165, 1.54) is 0 Å². The van der Waals surface area contributed by atoms with Crippen molar-refractivity contribution < 1.29 is 0 Å². The van der Waals surface area contributed by atoms with Gasteiger partial charge in [-0.3, -0.25) is 0 Å². The Kier molecular flexibility index (Phi) is 7.01. The molecule has 0 radical (unpaired) electrons. The van der Waals surface area contributed by atoms with Crippen molar-refractivity contribution in [2.24, 2.45) is 34.9 Å². The largest absolute Gasteiger partial charge is 0.310 e. The van der Waals surface area contributed by atoms with Crippen molar-refractivity contribution in [2.75, 3.05) is 6.54 Å². The Labute approximate surface area is 345 Å². The molecule has 13 rings (SSSR count). The molecule has 8 aromatic carbocycles. The Hall–Kier alpha value is -7.71. The van der Waals surface area contributed by atoms with Crippen LogP contribution in [0.15, 0.2) is 181 Å². The van der Waals surface area contributed by atoms with E-state index in [0.717, 1.165) is 112 Å². The number of amidine groups is 7. The molecule has 282 valence electrons. The van der Waals surface area contributed by atoms with Crippen LogP contribution in [0.25, 0.3) is 43.1 Å². The van der Waals surface area contributed by atoms with Crippen LogP contribution in [0, 0.1) is 0 Å². The van der Waals surface area contributed by atoms with Crippen LogP contribution < -0.4 is 0 Å². The van der Waals surface area contributed by atoms with E-state index in [9.17, 15) is 0 Å². The van der Waals surface area contributed by atoms with Gasteiger partial charge < -0.3 is 4.90 Å². The number of fused-ring (bicyclic) bond motifs is 20. The summed E-state index contributed by atoms with van der Waals surface area (Å²) in [6, 6.07) is 51.5. The van der Waals surface area contributed by atoms with Crippen molar-refractivity contribution in [3.63, 3.8) is 0 Å². The molecule has 8 heteroatoms. The summed E-state index contributed by atoms with van der Waals surface area (Å²) >= 11 is 0. The smallest absolute Gasteiger partial charge is 0.170 e. The predicted molar refractivity (Wildman–Crippen MR) is 246 cm³/mol. The van der Waals surface area contributed by atoms with E-state index < -0.39 is 6.17 Å². The topological polar surface area (TPSA) is 89.8 Å². The van der Waals surface area contributed by atoms with E-state index in [0.29, 0.717) is 35.7 Å². The fraction of sp³-hybridized carbons (Fsp3) is 0.0962. The Morgan fingerprint density at radius 2 is 0.717 bits per heavy atom. The maximum absolute atomic E-state index is 5.48. The van der Waals surface area contributed by atoms with Crippen LogP contribution >= 0.6 is 0 Å². The molecule has 0 amide bonds. The van der Waals surface area contributed by atoms with Gasteiger partial charge in [0.15, 0.2) is 35.3 Å². The number of rotatable bonds is 3. The molecule has 0 saturated heterocycles. The molecule has 8 aromatic rings. The predicted octanol–water partition coefficient (Wildman–Crippen LogP) is 10.8. The second-order valence-corrected chi connectivity index (χ2v) is 16.0. The van der Waals surface area contributed by atoms with Gasteiger partial charge in [-0.05, 0) is 98.0 Å². The highest BCUT2D eigenvalue weighted by molar-refractivity contribution is 6.35. The zero-order chi connectivity index (χ0) is 39.5. The monoisotopic (exact) mass is 770 g/mol. The molecule has 1 atom stereocenters.